The predicted octanol–water partition coefficient (Wildman–Crippen LogP) is 1.53. The minimum Gasteiger partial charge on any atom is -0.381 e. The Labute approximate surface area is 135 Å². The highest BCUT2D eigenvalue weighted by Crippen LogP contribution is 2.29. The Morgan fingerprint density at radius 1 is 1.43 bits per heavy atom. The summed E-state index contributed by atoms with van der Waals surface area (Å²) in [5, 5.41) is 7.24. The lowest BCUT2D eigenvalue weighted by atomic mass is 9.91. The van der Waals surface area contributed by atoms with E-state index in [-0.39, 0.29) is 11.9 Å². The molecule has 0 aliphatic carbocycles. The van der Waals surface area contributed by atoms with Crippen LogP contribution in [0.15, 0.2) is 24.7 Å². The molecule has 1 N–H and O–H groups in total. The summed E-state index contributed by atoms with van der Waals surface area (Å²) in [7, 11) is 1.77. The maximum Gasteiger partial charge on any atom is 0.270 e. The number of aryl methyl sites for hydroxylation is 2. The predicted molar refractivity (Wildman–Crippen MR) is 84.9 cm³/mol. The smallest absolute Gasteiger partial charge is 0.270 e. The van der Waals surface area contributed by atoms with Gasteiger partial charge in [0.1, 0.15) is 11.5 Å². The number of imidazole rings is 1. The highest BCUT2D eigenvalue weighted by Gasteiger charge is 2.30. The fraction of sp³-hybridized carbons (Fsp3) is 0.562. The van der Waals surface area contributed by atoms with Gasteiger partial charge in [-0.2, -0.15) is 5.10 Å². The van der Waals surface area contributed by atoms with Crippen molar-refractivity contribution in [1.29, 1.82) is 0 Å². The van der Waals surface area contributed by atoms with Gasteiger partial charge in [-0.15, -0.1) is 0 Å². The van der Waals surface area contributed by atoms with Crippen LogP contribution in [0.5, 0.6) is 0 Å². The fourth-order valence-electron chi connectivity index (χ4n) is 3.12. The van der Waals surface area contributed by atoms with Gasteiger partial charge in [-0.3, -0.25) is 9.48 Å². The van der Waals surface area contributed by atoms with Crippen LogP contribution in [0.2, 0.25) is 0 Å². The second kappa shape index (κ2) is 6.95. The molecular weight excluding hydrogens is 294 g/mol. The molecule has 0 aromatic carbocycles. The fourth-order valence-corrected chi connectivity index (χ4v) is 3.12. The van der Waals surface area contributed by atoms with Crippen LogP contribution in [-0.2, 0) is 18.3 Å². The normalized spacial score (nSPS) is 17.1. The summed E-state index contributed by atoms with van der Waals surface area (Å²) < 4.78 is 9.14. The van der Waals surface area contributed by atoms with E-state index in [4.69, 9.17) is 4.74 Å². The number of nitrogens with zero attached hydrogens (tertiary/aromatic N) is 4. The van der Waals surface area contributed by atoms with Crippen LogP contribution in [0, 0.1) is 5.92 Å². The molecule has 1 aliphatic heterocycles. The van der Waals surface area contributed by atoms with Gasteiger partial charge in [0, 0.05) is 45.4 Å². The zero-order chi connectivity index (χ0) is 16.2. The van der Waals surface area contributed by atoms with Crippen LogP contribution in [0.1, 0.15) is 42.1 Å². The number of hydrogen-bond acceptors (Lipinski definition) is 4. The third-order valence-electron chi connectivity index (χ3n) is 4.44. The minimum atomic E-state index is -0.118. The van der Waals surface area contributed by atoms with Crippen LogP contribution >= 0.6 is 0 Å². The van der Waals surface area contributed by atoms with Crippen molar-refractivity contribution in [2.75, 3.05) is 13.2 Å². The van der Waals surface area contributed by atoms with Gasteiger partial charge < -0.3 is 14.6 Å². The molecule has 1 amide bonds. The van der Waals surface area contributed by atoms with Crippen molar-refractivity contribution in [3.63, 3.8) is 0 Å². The summed E-state index contributed by atoms with van der Waals surface area (Å²) in [5.74, 6) is 1.12. The molecule has 3 heterocycles. The molecule has 124 valence electrons. The quantitative estimate of drug-likeness (QED) is 0.907. The average Bonchev–Trinajstić information content (AvgIpc) is 3.21. The lowest BCUT2D eigenvalue weighted by Crippen LogP contribution is -2.38. The van der Waals surface area contributed by atoms with E-state index in [1.165, 1.54) is 0 Å². The van der Waals surface area contributed by atoms with E-state index in [1.807, 2.05) is 6.20 Å². The minimum absolute atomic E-state index is 0.115. The Hall–Kier alpha value is -2.15. The van der Waals surface area contributed by atoms with E-state index in [1.54, 1.807) is 30.2 Å². The second-order valence-electron chi connectivity index (χ2n) is 5.81. The van der Waals surface area contributed by atoms with Gasteiger partial charge in [0.2, 0.25) is 0 Å². The zero-order valence-corrected chi connectivity index (χ0v) is 13.6. The first kappa shape index (κ1) is 15.7. The first-order valence-electron chi connectivity index (χ1n) is 8.08. The Morgan fingerprint density at radius 3 is 2.87 bits per heavy atom. The summed E-state index contributed by atoms with van der Waals surface area (Å²) in [5.41, 5.74) is 0.552. The molecule has 0 radical (unpaired) electrons. The molecule has 1 unspecified atom stereocenters. The van der Waals surface area contributed by atoms with E-state index in [9.17, 15) is 4.79 Å². The molecule has 1 atom stereocenters. The van der Waals surface area contributed by atoms with Crippen LogP contribution in [0.4, 0.5) is 0 Å². The topological polar surface area (TPSA) is 74.0 Å². The standard InChI is InChI=1S/C16H23N5O2/c1-3-21-9-8-17-15(21)14(12-5-10-23-11-6-12)19-16(22)13-4-7-18-20(13)2/h4,7-9,12,14H,3,5-6,10-11H2,1-2H3,(H,19,22). The summed E-state index contributed by atoms with van der Waals surface area (Å²) in [4.78, 5) is 17.1. The highest BCUT2D eigenvalue weighted by molar-refractivity contribution is 5.92. The molecule has 1 aliphatic rings. The third kappa shape index (κ3) is 3.29. The first-order chi connectivity index (χ1) is 11.2. The Kier molecular flexibility index (Phi) is 4.76. The molecule has 2 aromatic heterocycles. The molecule has 0 bridgehead atoms. The second-order valence-corrected chi connectivity index (χ2v) is 5.81. The van der Waals surface area contributed by atoms with Crippen molar-refractivity contribution < 1.29 is 9.53 Å². The number of amides is 1. The van der Waals surface area contributed by atoms with Gasteiger partial charge in [0.25, 0.3) is 5.91 Å². The summed E-state index contributed by atoms with van der Waals surface area (Å²) in [6.07, 6.45) is 7.23. The van der Waals surface area contributed by atoms with Gasteiger partial charge >= 0.3 is 0 Å². The molecule has 23 heavy (non-hydrogen) atoms. The number of ether oxygens (including phenoxy) is 1. The largest absolute Gasteiger partial charge is 0.381 e. The van der Waals surface area contributed by atoms with Gasteiger partial charge in [0.15, 0.2) is 0 Å². The van der Waals surface area contributed by atoms with E-state index >= 15 is 0 Å². The van der Waals surface area contributed by atoms with Crippen molar-refractivity contribution in [1.82, 2.24) is 24.6 Å². The van der Waals surface area contributed by atoms with Crippen molar-refractivity contribution in [2.45, 2.75) is 32.4 Å². The van der Waals surface area contributed by atoms with Crippen LogP contribution in [-0.4, -0.2) is 38.5 Å². The molecule has 7 heteroatoms. The number of hydrogen-bond donors (Lipinski definition) is 1. The molecule has 7 nitrogen and oxygen atoms in total. The van der Waals surface area contributed by atoms with Gasteiger partial charge in [-0.05, 0) is 31.7 Å². The molecule has 2 aromatic rings. The molecular formula is C16H23N5O2. The molecule has 3 rings (SSSR count). The summed E-state index contributed by atoms with van der Waals surface area (Å²) >= 11 is 0. The lowest BCUT2D eigenvalue weighted by Gasteiger charge is -2.30. The number of carbonyl (C=O) groups excluding carboxylic acids is 1. The van der Waals surface area contributed by atoms with Gasteiger partial charge in [-0.1, -0.05) is 0 Å². The third-order valence-corrected chi connectivity index (χ3v) is 4.44. The van der Waals surface area contributed by atoms with Crippen molar-refractivity contribution in [3.8, 4) is 0 Å². The van der Waals surface area contributed by atoms with Crippen molar-refractivity contribution >= 4 is 5.91 Å². The summed E-state index contributed by atoms with van der Waals surface area (Å²) in [6, 6.07) is 1.61. The molecule has 1 saturated heterocycles. The number of carbonyl (C=O) groups is 1. The lowest BCUT2D eigenvalue weighted by molar-refractivity contribution is 0.0496. The van der Waals surface area contributed by atoms with E-state index < -0.39 is 0 Å². The maximum absolute atomic E-state index is 12.6. The number of aromatic nitrogens is 4. The van der Waals surface area contributed by atoms with E-state index in [0.29, 0.717) is 11.6 Å². The highest BCUT2D eigenvalue weighted by atomic mass is 16.5. The number of nitrogens with one attached hydrogen (secondary N) is 1. The Morgan fingerprint density at radius 2 is 2.22 bits per heavy atom. The Bertz CT molecular complexity index is 657. The maximum atomic E-state index is 12.6. The molecule has 0 spiro atoms. The number of rotatable bonds is 5. The van der Waals surface area contributed by atoms with Crippen LogP contribution < -0.4 is 5.32 Å². The first-order valence-corrected chi connectivity index (χ1v) is 8.08. The van der Waals surface area contributed by atoms with Crippen molar-refractivity contribution in [3.05, 3.63) is 36.2 Å². The average molecular weight is 317 g/mol. The monoisotopic (exact) mass is 317 g/mol. The van der Waals surface area contributed by atoms with Crippen LogP contribution in [0.25, 0.3) is 0 Å². The van der Waals surface area contributed by atoms with Gasteiger partial charge in [-0.25, -0.2) is 4.98 Å². The Balaban J connectivity index is 1.86. The van der Waals surface area contributed by atoms with E-state index in [0.717, 1.165) is 38.4 Å². The zero-order valence-electron chi connectivity index (χ0n) is 13.6. The van der Waals surface area contributed by atoms with Crippen LogP contribution in [0.3, 0.4) is 0 Å². The van der Waals surface area contributed by atoms with Crippen molar-refractivity contribution in [2.24, 2.45) is 13.0 Å². The van der Waals surface area contributed by atoms with Gasteiger partial charge in [0.05, 0.1) is 6.04 Å². The molecule has 1 fully saturated rings. The van der Waals surface area contributed by atoms with E-state index in [2.05, 4.69) is 26.9 Å². The SMILES string of the molecule is CCn1ccnc1C(NC(=O)c1ccnn1C)C1CCOCC1. The summed E-state index contributed by atoms with van der Waals surface area (Å²) in [6.45, 7) is 4.37. The molecule has 0 saturated carbocycles.